The summed E-state index contributed by atoms with van der Waals surface area (Å²) in [6, 6.07) is 8.68. The molecule has 0 amide bonds. The van der Waals surface area contributed by atoms with E-state index in [1.165, 1.54) is 43.7 Å². The number of anilines is 1. The minimum absolute atomic E-state index is 0.0000540. The normalized spacial score (nSPS) is 10.9. The molecule has 7 nitrogen and oxygen atoms in total. The van der Waals surface area contributed by atoms with Gasteiger partial charge in [-0.3, -0.25) is 15.5 Å². The molecule has 0 heterocycles. The molecule has 0 spiro atoms. The molecule has 2 aromatic rings. The zero-order valence-electron chi connectivity index (χ0n) is 12.8. The Hall–Kier alpha value is -2.94. The molecule has 1 N–H and O–H groups in total. The summed E-state index contributed by atoms with van der Waals surface area (Å²) in [5.41, 5.74) is 3.00. The van der Waals surface area contributed by atoms with E-state index in [1.807, 2.05) is 0 Å². The van der Waals surface area contributed by atoms with Crippen molar-refractivity contribution in [3.8, 4) is 11.5 Å². The number of methoxy groups -OCH3 is 1. The molecule has 0 unspecified atom stereocenters. The Bertz CT molecular complexity index is 802. The van der Waals surface area contributed by atoms with Gasteiger partial charge in [-0.1, -0.05) is 23.7 Å². The van der Waals surface area contributed by atoms with Gasteiger partial charge in [0.25, 0.3) is 5.69 Å². The van der Waals surface area contributed by atoms with Crippen molar-refractivity contribution in [3.05, 3.63) is 57.1 Å². The van der Waals surface area contributed by atoms with Crippen molar-refractivity contribution < 1.29 is 23.2 Å². The summed E-state index contributed by atoms with van der Waals surface area (Å²) < 4.78 is 34.0. The number of nitrogens with zero attached hydrogens (tertiary/aromatic N) is 2. The van der Waals surface area contributed by atoms with E-state index < -0.39 is 11.5 Å². The first-order chi connectivity index (χ1) is 11.9. The van der Waals surface area contributed by atoms with Gasteiger partial charge in [0.05, 0.1) is 23.3 Å². The predicted molar refractivity (Wildman–Crippen MR) is 88.9 cm³/mol. The van der Waals surface area contributed by atoms with Crippen molar-refractivity contribution in [2.24, 2.45) is 5.10 Å². The smallest absolute Gasteiger partial charge is 0.387 e. The van der Waals surface area contributed by atoms with Gasteiger partial charge in [-0.15, -0.1) is 0 Å². The SMILES string of the molecule is COc1cc(/C=N\Nc2ccccc2[N+](=O)[O-])cc(Cl)c1OC(F)F. The van der Waals surface area contributed by atoms with Crippen LogP contribution in [0.25, 0.3) is 0 Å². The van der Waals surface area contributed by atoms with Crippen LogP contribution < -0.4 is 14.9 Å². The van der Waals surface area contributed by atoms with Crippen molar-refractivity contribution in [3.63, 3.8) is 0 Å². The first kappa shape index (κ1) is 18.4. The lowest BCUT2D eigenvalue weighted by Gasteiger charge is -2.12. The van der Waals surface area contributed by atoms with E-state index >= 15 is 0 Å². The first-order valence-electron chi connectivity index (χ1n) is 6.77. The summed E-state index contributed by atoms with van der Waals surface area (Å²) >= 11 is 5.91. The predicted octanol–water partition coefficient (Wildman–Crippen LogP) is 4.30. The largest absolute Gasteiger partial charge is 0.493 e. The fourth-order valence-corrected chi connectivity index (χ4v) is 2.19. The molecule has 0 bridgehead atoms. The van der Waals surface area contributed by atoms with Crippen molar-refractivity contribution in [1.29, 1.82) is 0 Å². The average Bonchev–Trinajstić information content (AvgIpc) is 2.57. The second-order valence-electron chi connectivity index (χ2n) is 4.56. The number of nitro groups is 1. The Balaban J connectivity index is 2.22. The summed E-state index contributed by atoms with van der Waals surface area (Å²) in [5, 5.41) is 14.7. The molecule has 0 fully saturated rings. The van der Waals surface area contributed by atoms with Gasteiger partial charge < -0.3 is 9.47 Å². The highest BCUT2D eigenvalue weighted by Crippen LogP contribution is 2.37. The lowest BCUT2D eigenvalue weighted by molar-refractivity contribution is -0.384. The van der Waals surface area contributed by atoms with Crippen LogP contribution in [-0.4, -0.2) is 24.9 Å². The second-order valence-corrected chi connectivity index (χ2v) is 4.96. The molecule has 0 radical (unpaired) electrons. The number of hydrogen-bond donors (Lipinski definition) is 1. The molecule has 0 atom stereocenters. The number of hydrogen-bond acceptors (Lipinski definition) is 6. The average molecular weight is 372 g/mol. The Kier molecular flexibility index (Phi) is 6.07. The Labute approximate surface area is 146 Å². The molecule has 0 saturated heterocycles. The number of benzene rings is 2. The monoisotopic (exact) mass is 371 g/mol. The molecule has 0 aliphatic heterocycles. The van der Waals surface area contributed by atoms with E-state index in [4.69, 9.17) is 16.3 Å². The topological polar surface area (TPSA) is 86.0 Å². The lowest BCUT2D eigenvalue weighted by atomic mass is 10.2. The maximum absolute atomic E-state index is 12.4. The minimum atomic E-state index is -3.05. The second kappa shape index (κ2) is 8.25. The molecule has 0 aliphatic carbocycles. The Morgan fingerprint density at radius 3 is 2.72 bits per heavy atom. The van der Waals surface area contributed by atoms with Crippen molar-refractivity contribution >= 4 is 29.2 Å². The molecule has 2 rings (SSSR count). The fraction of sp³-hybridized carbons (Fsp3) is 0.133. The van der Waals surface area contributed by atoms with E-state index in [0.29, 0.717) is 5.56 Å². The molecule has 0 aromatic heterocycles. The van der Waals surface area contributed by atoms with Gasteiger partial charge in [0.2, 0.25) is 0 Å². The molecule has 0 saturated carbocycles. The Morgan fingerprint density at radius 1 is 1.36 bits per heavy atom. The number of ether oxygens (including phenoxy) is 2. The first-order valence-corrected chi connectivity index (χ1v) is 7.15. The number of nitro benzene ring substituents is 1. The molecule has 0 aliphatic rings. The number of halogens is 3. The summed E-state index contributed by atoms with van der Waals surface area (Å²) in [7, 11) is 1.27. The van der Waals surface area contributed by atoms with Gasteiger partial charge in [0, 0.05) is 6.07 Å². The van der Waals surface area contributed by atoms with Gasteiger partial charge in [0.1, 0.15) is 5.69 Å². The maximum Gasteiger partial charge on any atom is 0.387 e. The van der Waals surface area contributed by atoms with E-state index in [-0.39, 0.29) is 27.9 Å². The Morgan fingerprint density at radius 2 is 2.08 bits per heavy atom. The van der Waals surface area contributed by atoms with Gasteiger partial charge in [-0.25, -0.2) is 0 Å². The highest BCUT2D eigenvalue weighted by molar-refractivity contribution is 6.32. The van der Waals surface area contributed by atoms with Crippen molar-refractivity contribution in [2.45, 2.75) is 6.61 Å². The quantitative estimate of drug-likeness (QED) is 0.445. The third-order valence-corrected chi connectivity index (χ3v) is 3.24. The molecular weight excluding hydrogens is 360 g/mol. The minimum Gasteiger partial charge on any atom is -0.493 e. The van der Waals surface area contributed by atoms with Crippen LogP contribution in [0, 0.1) is 10.1 Å². The van der Waals surface area contributed by atoms with Crippen molar-refractivity contribution in [1.82, 2.24) is 0 Å². The molecular formula is C15H12ClF2N3O4. The number of para-hydroxylation sites is 2. The van der Waals surface area contributed by atoms with Crippen LogP contribution in [0.1, 0.15) is 5.56 Å². The van der Waals surface area contributed by atoms with Gasteiger partial charge in [-0.2, -0.15) is 13.9 Å². The van der Waals surface area contributed by atoms with E-state index in [0.717, 1.165) is 0 Å². The zero-order chi connectivity index (χ0) is 18.4. The molecule has 10 heteroatoms. The van der Waals surface area contributed by atoms with E-state index in [1.54, 1.807) is 6.07 Å². The van der Waals surface area contributed by atoms with Crippen LogP contribution in [0.5, 0.6) is 11.5 Å². The summed E-state index contributed by atoms with van der Waals surface area (Å²) in [6.07, 6.45) is 1.30. The molecule has 132 valence electrons. The standard InChI is InChI=1S/C15H12ClF2N3O4/c1-24-13-7-9(6-10(16)14(13)25-15(17)18)8-19-20-11-4-2-3-5-12(11)21(22)23/h2-8,15,20H,1H3/b19-8-. The van der Waals surface area contributed by atoms with Gasteiger partial charge in [0.15, 0.2) is 11.5 Å². The van der Waals surface area contributed by atoms with Crippen molar-refractivity contribution in [2.75, 3.05) is 12.5 Å². The van der Waals surface area contributed by atoms with E-state index in [2.05, 4.69) is 15.3 Å². The third-order valence-electron chi connectivity index (χ3n) is 2.96. The van der Waals surface area contributed by atoms with Crippen LogP contribution in [0.3, 0.4) is 0 Å². The number of alkyl halides is 2. The van der Waals surface area contributed by atoms with Gasteiger partial charge >= 0.3 is 6.61 Å². The van der Waals surface area contributed by atoms with Crippen LogP contribution in [0.2, 0.25) is 5.02 Å². The van der Waals surface area contributed by atoms with Gasteiger partial charge in [-0.05, 0) is 23.8 Å². The highest BCUT2D eigenvalue weighted by atomic mass is 35.5. The number of hydrazone groups is 1. The van der Waals surface area contributed by atoms with Crippen LogP contribution in [0.15, 0.2) is 41.5 Å². The fourth-order valence-electron chi connectivity index (χ4n) is 1.92. The molecule has 2 aromatic carbocycles. The summed E-state index contributed by atoms with van der Waals surface area (Å²) in [4.78, 5) is 10.4. The molecule has 25 heavy (non-hydrogen) atoms. The highest BCUT2D eigenvalue weighted by Gasteiger charge is 2.16. The van der Waals surface area contributed by atoms with Crippen LogP contribution in [0.4, 0.5) is 20.2 Å². The van der Waals surface area contributed by atoms with Crippen LogP contribution >= 0.6 is 11.6 Å². The summed E-state index contributed by atoms with van der Waals surface area (Å²) in [6.45, 7) is -3.05. The maximum atomic E-state index is 12.4. The summed E-state index contributed by atoms with van der Waals surface area (Å²) in [5.74, 6) is -0.289. The van der Waals surface area contributed by atoms with Crippen LogP contribution in [-0.2, 0) is 0 Å². The number of nitrogens with one attached hydrogen (secondary N) is 1. The van der Waals surface area contributed by atoms with E-state index in [9.17, 15) is 18.9 Å². The number of rotatable bonds is 7. The third kappa shape index (κ3) is 4.77. The zero-order valence-corrected chi connectivity index (χ0v) is 13.5. The lowest BCUT2D eigenvalue weighted by Crippen LogP contribution is -2.04.